The van der Waals surface area contributed by atoms with Crippen LogP contribution in [0, 0.1) is 5.92 Å². The van der Waals surface area contributed by atoms with E-state index in [0.717, 1.165) is 48.1 Å². The van der Waals surface area contributed by atoms with Crippen LogP contribution in [0.3, 0.4) is 0 Å². The van der Waals surface area contributed by atoms with Crippen LogP contribution in [-0.2, 0) is 4.79 Å². The topological polar surface area (TPSA) is 47.9 Å². The number of carbonyl (C=O) groups is 1. The molecule has 0 spiro atoms. The maximum atomic E-state index is 13.2. The molecule has 0 saturated carbocycles. The lowest BCUT2D eigenvalue weighted by atomic mass is 9.87. The summed E-state index contributed by atoms with van der Waals surface area (Å²) < 4.78 is 1.02. The number of hydrogen-bond acceptors (Lipinski definition) is 4. The Kier molecular flexibility index (Phi) is 6.76. The Bertz CT molecular complexity index is 927. The van der Waals surface area contributed by atoms with Gasteiger partial charge in [-0.05, 0) is 49.1 Å². The highest BCUT2D eigenvalue weighted by Gasteiger charge is 2.41. The number of benzene rings is 2. The monoisotopic (exact) mass is 488 g/mol. The molecule has 1 fully saturated rings. The normalized spacial score (nSPS) is 22.1. The molecule has 4 rings (SSSR count). The molecule has 5 nitrogen and oxygen atoms in total. The molecule has 2 heterocycles. The first-order valence-electron chi connectivity index (χ1n) is 10.5. The predicted octanol–water partition coefficient (Wildman–Crippen LogP) is 5.56. The minimum atomic E-state index is -0.111. The zero-order valence-corrected chi connectivity index (χ0v) is 19.4. The van der Waals surface area contributed by atoms with Crippen LogP contribution < -0.4 is 10.4 Å². The second kappa shape index (κ2) is 9.50. The van der Waals surface area contributed by atoms with E-state index in [2.05, 4.69) is 40.4 Å². The quantitative estimate of drug-likeness (QED) is 0.598. The Balaban J connectivity index is 1.70. The van der Waals surface area contributed by atoms with Crippen LogP contribution in [0.15, 0.2) is 58.1 Å². The molecule has 0 radical (unpaired) electrons. The van der Waals surface area contributed by atoms with Crippen molar-refractivity contribution in [3.8, 4) is 0 Å². The molecule has 158 valence electrons. The number of hydrazone groups is 1. The molecule has 0 unspecified atom stereocenters. The Morgan fingerprint density at radius 3 is 2.50 bits per heavy atom. The van der Waals surface area contributed by atoms with Gasteiger partial charge < -0.3 is 0 Å². The van der Waals surface area contributed by atoms with Gasteiger partial charge in [-0.25, -0.2) is 5.01 Å². The van der Waals surface area contributed by atoms with Gasteiger partial charge in [0.1, 0.15) is 5.71 Å². The van der Waals surface area contributed by atoms with Gasteiger partial charge in [-0.2, -0.15) is 5.10 Å². The van der Waals surface area contributed by atoms with E-state index in [0.29, 0.717) is 10.7 Å². The molecule has 1 saturated heterocycles. The molecule has 2 aliphatic rings. The maximum Gasteiger partial charge on any atom is 0.282 e. The van der Waals surface area contributed by atoms with Crippen LogP contribution in [0.4, 0.5) is 5.69 Å². The van der Waals surface area contributed by atoms with Crippen molar-refractivity contribution >= 4 is 44.8 Å². The summed E-state index contributed by atoms with van der Waals surface area (Å²) in [5.41, 5.74) is 5.57. The average molecular weight is 490 g/mol. The van der Waals surface area contributed by atoms with Crippen molar-refractivity contribution in [1.29, 1.82) is 0 Å². The highest BCUT2D eigenvalue weighted by Crippen LogP contribution is 2.43. The third-order valence-corrected chi connectivity index (χ3v) is 6.66. The zero-order valence-electron chi connectivity index (χ0n) is 17.0. The van der Waals surface area contributed by atoms with E-state index in [1.54, 1.807) is 0 Å². The smallest absolute Gasteiger partial charge is 0.282 e. The van der Waals surface area contributed by atoms with Crippen molar-refractivity contribution in [3.63, 3.8) is 0 Å². The molecule has 2 atom stereocenters. The third kappa shape index (κ3) is 4.41. The molecule has 2 aliphatic heterocycles. The highest BCUT2D eigenvalue weighted by atomic mass is 79.9. The number of carbonyl (C=O) groups excluding carboxylic acids is 1. The molecule has 1 N–H and O–H groups in total. The van der Waals surface area contributed by atoms with Crippen LogP contribution in [0.5, 0.6) is 0 Å². The number of para-hydroxylation sites is 1. The van der Waals surface area contributed by atoms with Crippen LogP contribution in [0.25, 0.3) is 0 Å². The summed E-state index contributed by atoms with van der Waals surface area (Å²) in [5, 5.41) is 9.40. The summed E-state index contributed by atoms with van der Waals surface area (Å²) in [6.07, 6.45) is 4.24. The lowest BCUT2D eigenvalue weighted by molar-refractivity contribution is -0.120. The zero-order chi connectivity index (χ0) is 21.1. The number of hydrazine groups is 1. The van der Waals surface area contributed by atoms with E-state index in [1.165, 1.54) is 6.42 Å². The largest absolute Gasteiger partial charge is 0.284 e. The second-order valence-corrected chi connectivity index (χ2v) is 9.10. The Morgan fingerprint density at radius 2 is 1.83 bits per heavy atom. The van der Waals surface area contributed by atoms with Gasteiger partial charge in [-0.1, -0.05) is 65.1 Å². The van der Waals surface area contributed by atoms with Gasteiger partial charge in [-0.15, -0.1) is 0 Å². The molecular weight excluding hydrogens is 464 g/mol. The number of anilines is 1. The summed E-state index contributed by atoms with van der Waals surface area (Å²) in [4.78, 5) is 13.2. The Morgan fingerprint density at radius 1 is 1.13 bits per heavy atom. The SMILES string of the molecule is CC[C@@H]1C(C(=O)NN2CCCCC2)=NN(c2ccccc2Cl)[C@H]1c1ccc(Br)cc1. The number of nitrogens with zero attached hydrogens (tertiary/aromatic N) is 3. The maximum absolute atomic E-state index is 13.2. The number of rotatable bonds is 5. The van der Waals surface area contributed by atoms with Gasteiger partial charge in [0.25, 0.3) is 5.91 Å². The average Bonchev–Trinajstić information content (AvgIpc) is 3.15. The van der Waals surface area contributed by atoms with Gasteiger partial charge in [-0.3, -0.25) is 15.2 Å². The standard InChI is InChI=1S/C23H26BrClN4O/c1-2-18-21(23(30)27-28-14-6-3-7-15-28)26-29(20-9-5-4-8-19(20)25)22(18)16-10-12-17(24)13-11-16/h4-5,8-13,18,22H,2-3,6-7,14-15H2,1H3,(H,27,30)/t18-,22+/m1/s1. The second-order valence-electron chi connectivity index (χ2n) is 7.78. The van der Waals surface area contributed by atoms with Crippen molar-refractivity contribution in [2.45, 2.75) is 38.6 Å². The lowest BCUT2D eigenvalue weighted by Gasteiger charge is -2.29. The summed E-state index contributed by atoms with van der Waals surface area (Å²) in [6.45, 7) is 3.89. The molecule has 7 heteroatoms. The molecule has 2 aromatic carbocycles. The number of amides is 1. The molecule has 2 aromatic rings. The van der Waals surface area contributed by atoms with Crippen molar-refractivity contribution in [2.24, 2.45) is 11.0 Å². The molecule has 1 amide bonds. The number of halogens is 2. The van der Waals surface area contributed by atoms with Crippen LogP contribution >= 0.6 is 27.5 Å². The molecule has 0 aromatic heterocycles. The van der Waals surface area contributed by atoms with Crippen molar-refractivity contribution in [1.82, 2.24) is 10.4 Å². The Labute approximate surface area is 191 Å². The van der Waals surface area contributed by atoms with Gasteiger partial charge in [0.2, 0.25) is 0 Å². The molecule has 0 aliphatic carbocycles. The van der Waals surface area contributed by atoms with Gasteiger partial charge in [0, 0.05) is 23.5 Å². The fraction of sp³-hybridized carbons (Fsp3) is 0.391. The van der Waals surface area contributed by atoms with Crippen LogP contribution in [-0.4, -0.2) is 29.7 Å². The van der Waals surface area contributed by atoms with Crippen LogP contribution in [0.1, 0.15) is 44.2 Å². The first-order valence-corrected chi connectivity index (χ1v) is 11.7. The number of nitrogens with one attached hydrogen (secondary N) is 1. The first-order chi connectivity index (χ1) is 14.6. The third-order valence-electron chi connectivity index (χ3n) is 5.81. The van der Waals surface area contributed by atoms with Gasteiger partial charge in [0.15, 0.2) is 0 Å². The van der Waals surface area contributed by atoms with E-state index in [9.17, 15) is 4.79 Å². The van der Waals surface area contributed by atoms with Crippen molar-refractivity contribution in [2.75, 3.05) is 18.1 Å². The van der Waals surface area contributed by atoms with E-state index in [-0.39, 0.29) is 17.9 Å². The molecule has 30 heavy (non-hydrogen) atoms. The summed E-state index contributed by atoms with van der Waals surface area (Å²) in [7, 11) is 0. The molecular formula is C23H26BrClN4O. The predicted molar refractivity (Wildman–Crippen MR) is 126 cm³/mol. The lowest BCUT2D eigenvalue weighted by Crippen LogP contribution is -2.48. The number of hydrogen-bond donors (Lipinski definition) is 1. The Hall–Kier alpha value is -1.89. The fourth-order valence-electron chi connectivity index (χ4n) is 4.28. The van der Waals surface area contributed by atoms with E-state index < -0.39 is 0 Å². The van der Waals surface area contributed by atoms with Crippen LogP contribution in [0.2, 0.25) is 5.02 Å². The van der Waals surface area contributed by atoms with Crippen molar-refractivity contribution in [3.05, 3.63) is 63.6 Å². The summed E-state index contributed by atoms with van der Waals surface area (Å²) in [5.74, 6) is -0.146. The first kappa shape index (κ1) is 21.3. The molecule has 0 bridgehead atoms. The van der Waals surface area contributed by atoms with Gasteiger partial charge in [0.05, 0.1) is 16.8 Å². The van der Waals surface area contributed by atoms with E-state index in [1.807, 2.05) is 46.4 Å². The van der Waals surface area contributed by atoms with Crippen molar-refractivity contribution < 1.29 is 4.79 Å². The minimum absolute atomic E-state index is 0.0350. The van der Waals surface area contributed by atoms with Gasteiger partial charge >= 0.3 is 0 Å². The highest BCUT2D eigenvalue weighted by molar-refractivity contribution is 9.10. The fourth-order valence-corrected chi connectivity index (χ4v) is 4.77. The summed E-state index contributed by atoms with van der Waals surface area (Å²) in [6, 6.07) is 15.8. The van der Waals surface area contributed by atoms with E-state index in [4.69, 9.17) is 16.7 Å². The van der Waals surface area contributed by atoms with E-state index >= 15 is 0 Å². The minimum Gasteiger partial charge on any atom is -0.284 e. The summed E-state index contributed by atoms with van der Waals surface area (Å²) >= 11 is 10.0. The number of piperidine rings is 1.